The molecular formula is C14H28N2OS. The Hall–Kier alpha value is -0.190. The molecule has 2 N–H and O–H groups in total. The van der Waals surface area contributed by atoms with E-state index in [2.05, 4.69) is 11.8 Å². The van der Waals surface area contributed by atoms with Gasteiger partial charge in [-0.2, -0.15) is 0 Å². The number of rotatable bonds is 8. The van der Waals surface area contributed by atoms with E-state index in [0.717, 1.165) is 25.9 Å². The van der Waals surface area contributed by atoms with Gasteiger partial charge in [0.05, 0.1) is 0 Å². The van der Waals surface area contributed by atoms with Gasteiger partial charge in [-0.3, -0.25) is 0 Å². The molecule has 0 aromatic heterocycles. The van der Waals surface area contributed by atoms with Crippen LogP contribution >= 0.6 is 12.2 Å². The summed E-state index contributed by atoms with van der Waals surface area (Å²) in [6, 6.07) is 0. The van der Waals surface area contributed by atoms with Crippen LogP contribution in [0.5, 0.6) is 0 Å². The number of nitrogens with two attached hydrogens (primary N) is 1. The van der Waals surface area contributed by atoms with Crippen LogP contribution in [-0.2, 0) is 4.74 Å². The zero-order chi connectivity index (χ0) is 13.4. The van der Waals surface area contributed by atoms with Gasteiger partial charge < -0.3 is 15.4 Å². The maximum Gasteiger partial charge on any atom is 0.120 e. The van der Waals surface area contributed by atoms with Gasteiger partial charge in [0.15, 0.2) is 0 Å². The van der Waals surface area contributed by atoms with Crippen molar-refractivity contribution in [1.29, 1.82) is 0 Å². The fourth-order valence-electron chi connectivity index (χ4n) is 2.64. The van der Waals surface area contributed by atoms with Crippen LogP contribution in [0.4, 0.5) is 0 Å². The van der Waals surface area contributed by atoms with Gasteiger partial charge in [0.1, 0.15) is 10.6 Å². The summed E-state index contributed by atoms with van der Waals surface area (Å²) < 4.78 is 5.83. The maximum atomic E-state index is 5.86. The minimum Gasteiger partial charge on any atom is -0.391 e. The molecule has 0 aromatic rings. The Morgan fingerprint density at radius 3 is 2.39 bits per heavy atom. The summed E-state index contributed by atoms with van der Waals surface area (Å²) in [6.45, 7) is 8.27. The molecule has 0 unspecified atom stereocenters. The van der Waals surface area contributed by atoms with Crippen LogP contribution in [0.2, 0.25) is 0 Å². The lowest BCUT2D eigenvalue weighted by molar-refractivity contribution is -0.0287. The molecule has 0 radical (unpaired) electrons. The van der Waals surface area contributed by atoms with Crippen molar-refractivity contribution >= 4 is 17.2 Å². The molecule has 1 fully saturated rings. The van der Waals surface area contributed by atoms with Crippen molar-refractivity contribution in [2.75, 3.05) is 26.2 Å². The van der Waals surface area contributed by atoms with Gasteiger partial charge in [-0.15, -0.1) is 0 Å². The lowest BCUT2D eigenvalue weighted by Crippen LogP contribution is -2.53. The maximum absolute atomic E-state index is 5.86. The first-order valence-corrected chi connectivity index (χ1v) is 7.71. The Labute approximate surface area is 117 Å². The van der Waals surface area contributed by atoms with E-state index in [1.807, 2.05) is 6.92 Å². The smallest absolute Gasteiger partial charge is 0.120 e. The van der Waals surface area contributed by atoms with Gasteiger partial charge in [0.25, 0.3) is 0 Å². The number of thiocarbonyl (C=S) groups is 1. The Kier molecular flexibility index (Phi) is 7.12. The van der Waals surface area contributed by atoms with E-state index in [0.29, 0.717) is 11.6 Å². The van der Waals surface area contributed by atoms with E-state index in [-0.39, 0.29) is 5.60 Å². The quantitative estimate of drug-likeness (QED) is 0.545. The SMILES string of the molecule is CCCCCCN1CCC(OCC)(C(N)=S)CC1. The molecule has 1 aliphatic heterocycles. The van der Waals surface area contributed by atoms with Crippen LogP contribution in [0.25, 0.3) is 0 Å². The minimum atomic E-state index is -0.329. The predicted molar refractivity (Wildman–Crippen MR) is 81.0 cm³/mol. The summed E-state index contributed by atoms with van der Waals surface area (Å²) in [5, 5.41) is 0. The summed E-state index contributed by atoms with van der Waals surface area (Å²) in [7, 11) is 0. The number of hydrogen-bond acceptors (Lipinski definition) is 3. The third-order valence-electron chi connectivity index (χ3n) is 3.86. The number of ether oxygens (including phenoxy) is 1. The second-order valence-corrected chi connectivity index (χ2v) is 5.63. The van der Waals surface area contributed by atoms with E-state index in [1.165, 1.54) is 32.2 Å². The summed E-state index contributed by atoms with van der Waals surface area (Å²) in [6.07, 6.45) is 7.20. The molecule has 18 heavy (non-hydrogen) atoms. The zero-order valence-electron chi connectivity index (χ0n) is 11.9. The summed E-state index contributed by atoms with van der Waals surface area (Å²) in [5.74, 6) is 0. The van der Waals surface area contributed by atoms with Gasteiger partial charge in [0, 0.05) is 19.7 Å². The van der Waals surface area contributed by atoms with Crippen molar-refractivity contribution in [2.45, 2.75) is 58.0 Å². The third-order valence-corrected chi connectivity index (χ3v) is 4.23. The van der Waals surface area contributed by atoms with Crippen molar-refractivity contribution in [1.82, 2.24) is 4.90 Å². The first-order chi connectivity index (χ1) is 8.64. The van der Waals surface area contributed by atoms with Crippen LogP contribution in [-0.4, -0.2) is 41.7 Å². The van der Waals surface area contributed by atoms with Crippen molar-refractivity contribution < 1.29 is 4.74 Å². The molecule has 0 bridgehead atoms. The molecule has 3 nitrogen and oxygen atoms in total. The Morgan fingerprint density at radius 1 is 1.22 bits per heavy atom. The highest BCUT2D eigenvalue weighted by Crippen LogP contribution is 2.27. The summed E-state index contributed by atoms with van der Waals surface area (Å²) in [4.78, 5) is 3.06. The lowest BCUT2D eigenvalue weighted by Gasteiger charge is -2.40. The monoisotopic (exact) mass is 272 g/mol. The average molecular weight is 272 g/mol. The standard InChI is InChI=1S/C14H28N2OS/c1-3-5-6-7-10-16-11-8-14(9-12-16,13(15)18)17-4-2/h3-12H2,1-2H3,(H2,15,18). The molecule has 0 aromatic carbocycles. The fourth-order valence-corrected chi connectivity index (χ4v) is 2.90. The van der Waals surface area contributed by atoms with E-state index < -0.39 is 0 Å². The number of piperidine rings is 1. The molecule has 0 atom stereocenters. The van der Waals surface area contributed by atoms with Gasteiger partial charge in [-0.25, -0.2) is 0 Å². The van der Waals surface area contributed by atoms with Crippen LogP contribution in [0, 0.1) is 0 Å². The molecule has 1 saturated heterocycles. The predicted octanol–water partition coefficient (Wildman–Crippen LogP) is 2.72. The van der Waals surface area contributed by atoms with Crippen molar-refractivity contribution in [3.05, 3.63) is 0 Å². The van der Waals surface area contributed by atoms with Crippen molar-refractivity contribution in [3.63, 3.8) is 0 Å². The highest BCUT2D eigenvalue weighted by molar-refractivity contribution is 7.80. The van der Waals surface area contributed by atoms with Gasteiger partial charge in [0.2, 0.25) is 0 Å². The van der Waals surface area contributed by atoms with Crippen LogP contribution in [0.15, 0.2) is 0 Å². The van der Waals surface area contributed by atoms with E-state index >= 15 is 0 Å². The van der Waals surface area contributed by atoms with E-state index in [1.54, 1.807) is 0 Å². The normalized spacial score (nSPS) is 19.9. The number of hydrogen-bond donors (Lipinski definition) is 1. The molecule has 1 aliphatic rings. The van der Waals surface area contributed by atoms with Crippen LogP contribution in [0.3, 0.4) is 0 Å². The first kappa shape index (κ1) is 15.9. The highest BCUT2D eigenvalue weighted by atomic mass is 32.1. The highest BCUT2D eigenvalue weighted by Gasteiger charge is 2.37. The molecule has 0 saturated carbocycles. The third kappa shape index (κ3) is 4.48. The summed E-state index contributed by atoms with van der Waals surface area (Å²) >= 11 is 5.19. The molecule has 1 rings (SSSR count). The molecule has 0 amide bonds. The van der Waals surface area contributed by atoms with Gasteiger partial charge >= 0.3 is 0 Å². The average Bonchev–Trinajstić information content (AvgIpc) is 2.37. The topological polar surface area (TPSA) is 38.5 Å². The Balaban J connectivity index is 2.32. The first-order valence-electron chi connectivity index (χ1n) is 7.31. The zero-order valence-corrected chi connectivity index (χ0v) is 12.7. The van der Waals surface area contributed by atoms with Crippen molar-refractivity contribution in [3.8, 4) is 0 Å². The second kappa shape index (κ2) is 8.08. The molecule has 0 aliphatic carbocycles. The lowest BCUT2D eigenvalue weighted by atomic mass is 9.91. The molecule has 106 valence electrons. The Bertz CT molecular complexity index is 250. The number of likely N-dealkylation sites (tertiary alicyclic amines) is 1. The molecule has 0 spiro atoms. The second-order valence-electron chi connectivity index (χ2n) is 5.19. The number of unbranched alkanes of at least 4 members (excludes halogenated alkanes) is 3. The number of nitrogens with zero attached hydrogens (tertiary/aromatic N) is 1. The molecule has 1 heterocycles. The minimum absolute atomic E-state index is 0.329. The van der Waals surface area contributed by atoms with E-state index in [9.17, 15) is 0 Å². The molecular weight excluding hydrogens is 244 g/mol. The van der Waals surface area contributed by atoms with Crippen molar-refractivity contribution in [2.24, 2.45) is 5.73 Å². The van der Waals surface area contributed by atoms with E-state index in [4.69, 9.17) is 22.7 Å². The largest absolute Gasteiger partial charge is 0.391 e. The summed E-state index contributed by atoms with van der Waals surface area (Å²) in [5.41, 5.74) is 5.53. The fraction of sp³-hybridized carbons (Fsp3) is 0.929. The van der Waals surface area contributed by atoms with Gasteiger partial charge in [-0.05, 0) is 32.7 Å². The van der Waals surface area contributed by atoms with Crippen LogP contribution < -0.4 is 5.73 Å². The Morgan fingerprint density at radius 2 is 1.89 bits per heavy atom. The van der Waals surface area contributed by atoms with Crippen LogP contribution in [0.1, 0.15) is 52.4 Å². The van der Waals surface area contributed by atoms with Gasteiger partial charge in [-0.1, -0.05) is 38.4 Å². The molecule has 4 heteroatoms.